The highest BCUT2D eigenvalue weighted by molar-refractivity contribution is 6.09. The molecule has 1 aromatic heterocycles. The van der Waals surface area contributed by atoms with Gasteiger partial charge in [0.05, 0.1) is 20.3 Å². The molecule has 3 heterocycles. The molecule has 1 amide bonds. The molecule has 0 saturated carbocycles. The van der Waals surface area contributed by atoms with Crippen LogP contribution in [0.2, 0.25) is 0 Å². The van der Waals surface area contributed by atoms with Crippen LogP contribution in [0.3, 0.4) is 0 Å². The summed E-state index contributed by atoms with van der Waals surface area (Å²) >= 11 is 0. The molecule has 0 aliphatic carbocycles. The number of hydrogen-bond donors (Lipinski definition) is 2. The lowest BCUT2D eigenvalue weighted by molar-refractivity contribution is 0.147. The zero-order valence-corrected chi connectivity index (χ0v) is 17.7. The summed E-state index contributed by atoms with van der Waals surface area (Å²) < 4.78 is 16.2. The van der Waals surface area contributed by atoms with E-state index < -0.39 is 6.04 Å². The lowest BCUT2D eigenvalue weighted by Crippen LogP contribution is -2.42. The number of carbonyl (C=O) groups excluding carboxylic acids is 1. The fourth-order valence-corrected chi connectivity index (χ4v) is 5.22. The van der Waals surface area contributed by atoms with Crippen molar-refractivity contribution in [1.29, 1.82) is 0 Å². The second-order valence-corrected chi connectivity index (χ2v) is 8.25. The molecule has 0 spiro atoms. The monoisotopic (exact) mass is 430 g/mol. The van der Waals surface area contributed by atoms with Gasteiger partial charge in [0.15, 0.2) is 11.5 Å². The van der Waals surface area contributed by atoms with Gasteiger partial charge in [0.25, 0.3) is 0 Å². The second-order valence-electron chi connectivity index (χ2n) is 8.25. The highest BCUT2D eigenvalue weighted by Gasteiger charge is 2.46. The summed E-state index contributed by atoms with van der Waals surface area (Å²) in [5, 5.41) is 14.0. The van der Waals surface area contributed by atoms with Gasteiger partial charge >= 0.3 is 6.09 Å². The summed E-state index contributed by atoms with van der Waals surface area (Å²) in [7, 11) is 2.99. The fourth-order valence-electron chi connectivity index (χ4n) is 5.22. The summed E-state index contributed by atoms with van der Waals surface area (Å²) in [4.78, 5) is 18.2. The molecule has 1 fully saturated rings. The minimum atomic E-state index is -0.423. The van der Waals surface area contributed by atoms with E-state index in [0.29, 0.717) is 13.0 Å². The van der Waals surface area contributed by atoms with E-state index in [4.69, 9.17) is 14.2 Å². The van der Waals surface area contributed by atoms with Crippen LogP contribution in [0.25, 0.3) is 21.7 Å². The van der Waals surface area contributed by atoms with Crippen LogP contribution >= 0.6 is 0 Å². The van der Waals surface area contributed by atoms with E-state index in [2.05, 4.69) is 29.2 Å². The van der Waals surface area contributed by atoms with Crippen LogP contribution < -0.4 is 9.47 Å². The number of nitrogens with one attached hydrogen (secondary N) is 1. The van der Waals surface area contributed by atoms with Gasteiger partial charge in [-0.2, -0.15) is 0 Å². The summed E-state index contributed by atoms with van der Waals surface area (Å²) in [5.74, 6) is 0.507. The number of nitrogens with zero attached hydrogens (tertiary/aromatic N) is 1. The molecule has 32 heavy (non-hydrogen) atoms. The van der Waals surface area contributed by atoms with Crippen LogP contribution in [0, 0.1) is 0 Å². The number of aromatic hydroxyl groups is 1. The van der Waals surface area contributed by atoms with E-state index >= 15 is 0 Å². The normalized spacial score (nSPS) is 19.7. The summed E-state index contributed by atoms with van der Waals surface area (Å²) in [5.41, 5.74) is 3.94. The molecule has 4 aromatic rings. The average Bonchev–Trinajstić information content (AvgIpc) is 3.38. The first-order chi connectivity index (χ1) is 15.6. The molecule has 0 radical (unpaired) electrons. The van der Waals surface area contributed by atoms with Crippen LogP contribution in [0.15, 0.2) is 48.5 Å². The number of amides is 1. The maximum atomic E-state index is 12.8. The van der Waals surface area contributed by atoms with Crippen LogP contribution in [-0.4, -0.2) is 48.0 Å². The van der Waals surface area contributed by atoms with Gasteiger partial charge in [0.1, 0.15) is 12.6 Å². The average molecular weight is 430 g/mol. The SMILES string of the molecule is COc1cc([C@@H]2c3[nH]c4ccc5ccccc5c4c3C[C@H]3COC(=O)N32)cc(OC)c1O. The number of phenols is 1. The topological polar surface area (TPSA) is 84.0 Å². The Bertz CT molecular complexity index is 1370. The zero-order valence-electron chi connectivity index (χ0n) is 17.7. The standard InChI is InChI=1S/C25H22N2O5/c1-30-19-9-14(10-20(31-2)24(19)28)23-22-17(11-15-12-32-25(29)27(15)23)21-16-6-4-3-5-13(16)7-8-18(21)26-22/h3-10,15,23,26,28H,11-12H2,1-2H3/t15-,23+/m0/s1. The maximum absolute atomic E-state index is 12.8. The summed E-state index contributed by atoms with van der Waals surface area (Å²) in [6.07, 6.45) is 0.359. The Labute approximate surface area is 184 Å². The number of carbonyl (C=O) groups is 1. The van der Waals surface area contributed by atoms with Gasteiger partial charge in [0.2, 0.25) is 5.75 Å². The third-order valence-electron chi connectivity index (χ3n) is 6.64. The third-order valence-corrected chi connectivity index (χ3v) is 6.64. The van der Waals surface area contributed by atoms with Crippen molar-refractivity contribution >= 4 is 27.8 Å². The predicted octanol–water partition coefficient (Wildman–Crippen LogP) is 4.51. The van der Waals surface area contributed by atoms with Crippen LogP contribution in [0.4, 0.5) is 4.79 Å². The molecule has 162 valence electrons. The molecule has 2 N–H and O–H groups in total. The summed E-state index contributed by atoms with van der Waals surface area (Å²) in [6.45, 7) is 0.346. The largest absolute Gasteiger partial charge is 0.502 e. The lowest BCUT2D eigenvalue weighted by Gasteiger charge is -2.36. The number of fused-ring (bicyclic) bond motifs is 6. The Hall–Kier alpha value is -3.87. The number of hydrogen-bond acceptors (Lipinski definition) is 5. The molecule has 0 bridgehead atoms. The Kier molecular flexibility index (Phi) is 4.02. The molecule has 6 rings (SSSR count). The molecular formula is C25H22N2O5. The third kappa shape index (κ3) is 2.51. The van der Waals surface area contributed by atoms with Crippen LogP contribution in [0.1, 0.15) is 22.9 Å². The number of rotatable bonds is 3. The van der Waals surface area contributed by atoms with Gasteiger partial charge in [-0.3, -0.25) is 4.90 Å². The minimum absolute atomic E-state index is 0.0713. The Morgan fingerprint density at radius 3 is 2.59 bits per heavy atom. The highest BCUT2D eigenvalue weighted by atomic mass is 16.6. The lowest BCUT2D eigenvalue weighted by atomic mass is 9.88. The van der Waals surface area contributed by atoms with Gasteiger partial charge < -0.3 is 24.3 Å². The number of cyclic esters (lactones) is 1. The van der Waals surface area contributed by atoms with Crippen molar-refractivity contribution in [1.82, 2.24) is 9.88 Å². The van der Waals surface area contributed by atoms with Crippen molar-refractivity contribution in [3.8, 4) is 17.2 Å². The van der Waals surface area contributed by atoms with Gasteiger partial charge in [-0.25, -0.2) is 4.79 Å². The Balaban J connectivity index is 1.65. The number of phenolic OH excluding ortho intramolecular Hbond substituents is 1. The number of methoxy groups -OCH3 is 2. The van der Waals surface area contributed by atoms with E-state index in [1.165, 1.54) is 35.9 Å². The first kappa shape index (κ1) is 18.9. The Morgan fingerprint density at radius 2 is 1.84 bits per heavy atom. The van der Waals surface area contributed by atoms with Crippen molar-refractivity contribution in [3.63, 3.8) is 0 Å². The number of H-pyrrole nitrogens is 1. The quantitative estimate of drug-likeness (QED) is 0.500. The molecule has 1 saturated heterocycles. The van der Waals surface area contributed by atoms with E-state index in [1.54, 1.807) is 17.0 Å². The van der Waals surface area contributed by atoms with Gasteiger partial charge in [-0.05, 0) is 46.5 Å². The van der Waals surface area contributed by atoms with E-state index in [9.17, 15) is 9.90 Å². The molecular weight excluding hydrogens is 408 g/mol. The maximum Gasteiger partial charge on any atom is 0.411 e. The molecule has 3 aromatic carbocycles. The first-order valence-electron chi connectivity index (χ1n) is 10.5. The van der Waals surface area contributed by atoms with E-state index in [1.807, 2.05) is 12.1 Å². The molecule has 7 heteroatoms. The van der Waals surface area contributed by atoms with Crippen LogP contribution in [0.5, 0.6) is 17.2 Å². The molecule has 0 unspecified atom stereocenters. The number of ether oxygens (including phenoxy) is 3. The number of aromatic amines is 1. The molecule has 2 aliphatic rings. The zero-order chi connectivity index (χ0) is 22.0. The predicted molar refractivity (Wildman–Crippen MR) is 120 cm³/mol. The second kappa shape index (κ2) is 6.82. The van der Waals surface area contributed by atoms with Crippen molar-refractivity contribution < 1.29 is 24.1 Å². The van der Waals surface area contributed by atoms with Gasteiger partial charge in [0, 0.05) is 16.6 Å². The van der Waals surface area contributed by atoms with E-state index in [0.717, 1.165) is 16.8 Å². The number of aromatic nitrogens is 1. The van der Waals surface area contributed by atoms with Crippen molar-refractivity contribution in [2.75, 3.05) is 20.8 Å². The van der Waals surface area contributed by atoms with E-state index in [-0.39, 0.29) is 29.4 Å². The smallest absolute Gasteiger partial charge is 0.411 e. The Morgan fingerprint density at radius 1 is 1.09 bits per heavy atom. The number of benzene rings is 3. The first-order valence-corrected chi connectivity index (χ1v) is 10.5. The minimum Gasteiger partial charge on any atom is -0.502 e. The molecule has 2 aliphatic heterocycles. The molecule has 2 atom stereocenters. The highest BCUT2D eigenvalue weighted by Crippen LogP contribution is 2.47. The fraction of sp³-hybridized carbons (Fsp3) is 0.240. The van der Waals surface area contributed by atoms with Gasteiger partial charge in [-0.15, -0.1) is 0 Å². The van der Waals surface area contributed by atoms with Crippen molar-refractivity contribution in [2.45, 2.75) is 18.5 Å². The van der Waals surface area contributed by atoms with Crippen molar-refractivity contribution in [3.05, 3.63) is 65.4 Å². The van der Waals surface area contributed by atoms with Crippen molar-refractivity contribution in [2.24, 2.45) is 0 Å². The summed E-state index contributed by atoms with van der Waals surface area (Å²) in [6, 6.07) is 15.5. The molecule has 7 nitrogen and oxygen atoms in total. The van der Waals surface area contributed by atoms with Crippen LogP contribution in [-0.2, 0) is 11.2 Å². The van der Waals surface area contributed by atoms with Gasteiger partial charge in [-0.1, -0.05) is 30.3 Å².